The van der Waals surface area contributed by atoms with Crippen LogP contribution < -0.4 is 0 Å². The van der Waals surface area contributed by atoms with Crippen LogP contribution in [0.1, 0.15) is 65.2 Å². The molecule has 3 fully saturated rings. The van der Waals surface area contributed by atoms with E-state index in [0.29, 0.717) is 24.7 Å². The van der Waals surface area contributed by atoms with E-state index >= 15 is 0 Å². The van der Waals surface area contributed by atoms with Crippen LogP contribution in [0.15, 0.2) is 35.5 Å². The summed E-state index contributed by atoms with van der Waals surface area (Å²) in [5, 5.41) is 29.2. The Morgan fingerprint density at radius 2 is 2.07 bits per heavy atom. The van der Waals surface area contributed by atoms with E-state index in [0.717, 1.165) is 36.8 Å². The molecule has 3 saturated carbocycles. The van der Waals surface area contributed by atoms with Gasteiger partial charge in [0.15, 0.2) is 0 Å². The zero-order chi connectivity index (χ0) is 19.8. The summed E-state index contributed by atoms with van der Waals surface area (Å²) < 4.78 is 0. The molecule has 6 atom stereocenters. The van der Waals surface area contributed by atoms with Crippen molar-refractivity contribution in [2.75, 3.05) is 0 Å². The molecule has 3 aliphatic carbocycles. The van der Waals surface area contributed by atoms with Crippen molar-refractivity contribution in [1.82, 2.24) is 0 Å². The van der Waals surface area contributed by atoms with Gasteiger partial charge in [0, 0.05) is 12.8 Å². The summed E-state index contributed by atoms with van der Waals surface area (Å²) in [5.41, 5.74) is 3.31. The molecular weight excluding hydrogens is 340 g/mol. The third-order valence-electron chi connectivity index (χ3n) is 7.49. The summed E-state index contributed by atoms with van der Waals surface area (Å²) in [5.74, 6) is 0.483. The van der Waals surface area contributed by atoms with Crippen LogP contribution in [-0.4, -0.2) is 33.5 Å². The molecule has 27 heavy (non-hydrogen) atoms. The first-order valence-electron chi connectivity index (χ1n) is 10.4. The van der Waals surface area contributed by atoms with Crippen LogP contribution in [-0.2, 0) is 4.79 Å². The van der Waals surface area contributed by atoms with Crippen molar-refractivity contribution in [2.24, 2.45) is 23.2 Å². The van der Waals surface area contributed by atoms with Crippen molar-refractivity contribution in [3.05, 3.63) is 35.5 Å². The summed E-state index contributed by atoms with van der Waals surface area (Å²) in [4.78, 5) is 11.2. The number of aliphatic carboxylic acids is 1. The van der Waals surface area contributed by atoms with E-state index in [4.69, 9.17) is 0 Å². The second kappa shape index (κ2) is 7.92. The molecule has 4 heteroatoms. The molecule has 0 unspecified atom stereocenters. The summed E-state index contributed by atoms with van der Waals surface area (Å²) in [6, 6.07) is 0. The van der Waals surface area contributed by atoms with Crippen LogP contribution in [0.5, 0.6) is 0 Å². The minimum absolute atomic E-state index is 0.181. The lowest BCUT2D eigenvalue weighted by molar-refractivity contribution is -0.138. The average molecular weight is 375 g/mol. The first-order chi connectivity index (χ1) is 12.7. The Morgan fingerprint density at radius 3 is 2.78 bits per heavy atom. The van der Waals surface area contributed by atoms with Crippen molar-refractivity contribution in [3.63, 3.8) is 0 Å². The van der Waals surface area contributed by atoms with E-state index in [1.165, 1.54) is 12.0 Å². The maximum atomic E-state index is 11.2. The number of aliphatic hydroxyl groups excluding tert-OH is 2. The van der Waals surface area contributed by atoms with Crippen LogP contribution in [0, 0.1) is 23.2 Å². The highest BCUT2D eigenvalue weighted by molar-refractivity contribution is 5.67. The van der Waals surface area contributed by atoms with Gasteiger partial charge >= 0.3 is 5.97 Å². The Kier molecular flexibility index (Phi) is 5.97. The van der Waals surface area contributed by atoms with E-state index in [1.807, 2.05) is 0 Å². The summed E-state index contributed by atoms with van der Waals surface area (Å²) in [7, 11) is 0. The molecule has 0 aliphatic heterocycles. The van der Waals surface area contributed by atoms with Crippen molar-refractivity contribution < 1.29 is 20.1 Å². The Labute approximate surface area is 162 Å². The van der Waals surface area contributed by atoms with Gasteiger partial charge in [-0.3, -0.25) is 4.79 Å². The monoisotopic (exact) mass is 374 g/mol. The molecule has 0 spiro atoms. The number of carbonyl (C=O) groups is 1. The summed E-state index contributed by atoms with van der Waals surface area (Å²) >= 11 is 0. The van der Waals surface area contributed by atoms with Gasteiger partial charge in [-0.15, -0.1) is 0 Å². The number of allylic oxidation sites excluding steroid dienone is 3. The largest absolute Gasteiger partial charge is 0.481 e. The van der Waals surface area contributed by atoms with Crippen molar-refractivity contribution in [1.29, 1.82) is 0 Å². The molecule has 3 aliphatic rings. The van der Waals surface area contributed by atoms with Gasteiger partial charge in [-0.25, -0.2) is 0 Å². The smallest absolute Gasteiger partial charge is 0.303 e. The maximum absolute atomic E-state index is 11.2. The van der Waals surface area contributed by atoms with Crippen LogP contribution in [0.4, 0.5) is 0 Å². The normalized spacial score (nSPS) is 41.0. The lowest BCUT2D eigenvalue weighted by Crippen LogP contribution is -2.36. The van der Waals surface area contributed by atoms with Gasteiger partial charge < -0.3 is 15.3 Å². The molecule has 0 aromatic heterocycles. The van der Waals surface area contributed by atoms with Crippen LogP contribution in [0.3, 0.4) is 0 Å². The third-order valence-corrected chi connectivity index (χ3v) is 7.49. The third kappa shape index (κ3) is 4.07. The highest BCUT2D eigenvalue weighted by Gasteiger charge is 2.50. The summed E-state index contributed by atoms with van der Waals surface area (Å²) in [6.07, 6.45) is 9.93. The number of hydrogen-bond acceptors (Lipinski definition) is 3. The molecule has 150 valence electrons. The molecule has 0 saturated heterocycles. The topological polar surface area (TPSA) is 77.8 Å². The fourth-order valence-electron chi connectivity index (χ4n) is 6.10. The van der Waals surface area contributed by atoms with Crippen LogP contribution >= 0.6 is 0 Å². The quantitative estimate of drug-likeness (QED) is 0.688. The first-order valence-corrected chi connectivity index (χ1v) is 10.4. The Balaban J connectivity index is 1.80. The SMILES string of the molecule is C=C1C(=C/C=C2\CCC[C@]3(C)[C@@H]([C@H](C)CC(=O)O)CC[C@@H]23)C[C@H](O)C[C@H]1O. The fourth-order valence-corrected chi connectivity index (χ4v) is 6.10. The molecular formula is C23H34O4. The van der Waals surface area contributed by atoms with Gasteiger partial charge in [-0.05, 0) is 72.8 Å². The first kappa shape index (κ1) is 20.3. The summed E-state index contributed by atoms with van der Waals surface area (Å²) in [6.45, 7) is 8.46. The second-order valence-corrected chi connectivity index (χ2v) is 9.24. The van der Waals surface area contributed by atoms with E-state index in [2.05, 4.69) is 32.6 Å². The van der Waals surface area contributed by atoms with E-state index in [9.17, 15) is 20.1 Å². The average Bonchev–Trinajstić information content (AvgIpc) is 2.93. The highest BCUT2D eigenvalue weighted by atomic mass is 16.4. The minimum atomic E-state index is -0.696. The maximum Gasteiger partial charge on any atom is 0.303 e. The van der Waals surface area contributed by atoms with Gasteiger partial charge in [0.2, 0.25) is 0 Å². The van der Waals surface area contributed by atoms with Gasteiger partial charge in [0.1, 0.15) is 0 Å². The molecule has 0 bridgehead atoms. The minimum Gasteiger partial charge on any atom is -0.481 e. The van der Waals surface area contributed by atoms with Crippen molar-refractivity contribution >= 4 is 5.97 Å². The molecule has 0 heterocycles. The Morgan fingerprint density at radius 1 is 1.33 bits per heavy atom. The number of carboxylic acids is 1. The van der Waals surface area contributed by atoms with Crippen LogP contribution in [0.2, 0.25) is 0 Å². The van der Waals surface area contributed by atoms with Crippen LogP contribution in [0.25, 0.3) is 0 Å². The van der Waals surface area contributed by atoms with E-state index in [1.54, 1.807) is 0 Å². The predicted molar refractivity (Wildman–Crippen MR) is 106 cm³/mol. The highest BCUT2D eigenvalue weighted by Crippen LogP contribution is 2.59. The number of carboxylic acid groups (broad SMARTS) is 1. The lowest BCUT2D eigenvalue weighted by atomic mass is 9.61. The molecule has 0 aromatic carbocycles. The molecule has 0 amide bonds. The molecule has 0 radical (unpaired) electrons. The number of hydrogen-bond donors (Lipinski definition) is 3. The van der Waals surface area contributed by atoms with E-state index < -0.39 is 18.2 Å². The van der Waals surface area contributed by atoms with E-state index in [-0.39, 0.29) is 17.8 Å². The van der Waals surface area contributed by atoms with Gasteiger partial charge in [0.25, 0.3) is 0 Å². The van der Waals surface area contributed by atoms with Crippen molar-refractivity contribution in [3.8, 4) is 0 Å². The Hall–Kier alpha value is -1.39. The Bertz CT molecular complexity index is 661. The van der Waals surface area contributed by atoms with Gasteiger partial charge in [-0.2, -0.15) is 0 Å². The number of fused-ring (bicyclic) bond motifs is 1. The molecule has 3 rings (SSSR count). The number of aliphatic hydroxyl groups is 2. The lowest BCUT2D eigenvalue weighted by Gasteiger charge is -2.44. The zero-order valence-electron chi connectivity index (χ0n) is 16.7. The molecule has 4 nitrogen and oxygen atoms in total. The number of rotatable bonds is 4. The fraction of sp³-hybridized carbons (Fsp3) is 0.696. The predicted octanol–water partition coefficient (Wildman–Crippen LogP) is 4.24. The van der Waals surface area contributed by atoms with Crippen molar-refractivity contribution in [2.45, 2.75) is 77.4 Å². The zero-order valence-corrected chi connectivity index (χ0v) is 16.7. The standard InChI is InChI=1S/C23H34O4/c1-14(11-22(26)27)19-8-9-20-16(5-4-10-23(19,20)3)6-7-17-12-18(24)13-21(25)15(17)2/h6-7,14,18-21,24-25H,2,4-5,8-13H2,1,3H3,(H,26,27)/b16-6+,17-7?/t14-,18+,19-,20+,21-,23-/m1/s1. The molecule has 3 N–H and O–H groups in total. The van der Waals surface area contributed by atoms with Gasteiger partial charge in [0.05, 0.1) is 12.2 Å². The second-order valence-electron chi connectivity index (χ2n) is 9.24. The van der Waals surface area contributed by atoms with Gasteiger partial charge in [-0.1, -0.05) is 38.2 Å². The molecule has 0 aromatic rings.